The number of nitrogens with one attached hydrogen (secondary N) is 2. The molecule has 150 valence electrons. The van der Waals surface area contributed by atoms with Crippen LogP contribution in [0.25, 0.3) is 0 Å². The average Bonchev–Trinajstić information content (AvgIpc) is 3.47. The van der Waals surface area contributed by atoms with Crippen LogP contribution in [0, 0.1) is 5.92 Å². The molecule has 2 aliphatic rings. The molecule has 1 amide bonds. The standard InChI is InChI=1S/C20H31N3O3S/c1-4-14(2)22-27(25,26)19-13-17(21-20(24)16-8-9-16)10-11-18(19)23-12-6-5-7-15(23)3/h10-11,13-16,22H,4-9,12H2,1-3H3,(H,21,24)/t14-,15+/m1/s1. The van der Waals surface area contributed by atoms with E-state index in [1.807, 2.05) is 26.0 Å². The highest BCUT2D eigenvalue weighted by Gasteiger charge is 2.31. The molecule has 0 bridgehead atoms. The van der Waals surface area contributed by atoms with Gasteiger partial charge in [-0.15, -0.1) is 0 Å². The summed E-state index contributed by atoms with van der Waals surface area (Å²) in [6, 6.07) is 5.42. The van der Waals surface area contributed by atoms with Crippen LogP contribution in [0.3, 0.4) is 0 Å². The Morgan fingerprint density at radius 1 is 1.26 bits per heavy atom. The summed E-state index contributed by atoms with van der Waals surface area (Å²) in [7, 11) is -3.68. The van der Waals surface area contributed by atoms with Gasteiger partial charge in [-0.1, -0.05) is 6.92 Å². The largest absolute Gasteiger partial charge is 0.368 e. The van der Waals surface area contributed by atoms with Crippen molar-refractivity contribution in [2.24, 2.45) is 5.92 Å². The van der Waals surface area contributed by atoms with Crippen LogP contribution in [0.5, 0.6) is 0 Å². The Kier molecular flexibility index (Phi) is 6.11. The SMILES string of the molecule is CC[C@@H](C)NS(=O)(=O)c1cc(NC(=O)C2CC2)ccc1N1CCCC[C@@H]1C. The molecule has 2 N–H and O–H groups in total. The second-order valence-corrected chi connectivity index (χ2v) is 9.60. The number of nitrogens with zero attached hydrogens (tertiary/aromatic N) is 1. The van der Waals surface area contributed by atoms with E-state index in [9.17, 15) is 13.2 Å². The number of sulfonamides is 1. The Morgan fingerprint density at radius 3 is 2.63 bits per heavy atom. The van der Waals surface area contributed by atoms with E-state index in [0.29, 0.717) is 18.2 Å². The molecule has 0 unspecified atom stereocenters. The molecule has 1 aromatic rings. The fourth-order valence-corrected chi connectivity index (χ4v) is 5.07. The Labute approximate surface area is 162 Å². The lowest BCUT2D eigenvalue weighted by Gasteiger charge is -2.36. The molecule has 27 heavy (non-hydrogen) atoms. The molecule has 1 aromatic carbocycles. The van der Waals surface area contributed by atoms with Gasteiger partial charge >= 0.3 is 0 Å². The van der Waals surface area contributed by atoms with Crippen LogP contribution in [-0.4, -0.2) is 33.0 Å². The maximum atomic E-state index is 13.1. The number of amides is 1. The lowest BCUT2D eigenvalue weighted by Crippen LogP contribution is -2.39. The van der Waals surface area contributed by atoms with Crippen molar-refractivity contribution in [3.63, 3.8) is 0 Å². The number of carbonyl (C=O) groups is 1. The molecule has 0 spiro atoms. The molecule has 3 rings (SSSR count). The van der Waals surface area contributed by atoms with Crippen molar-refractivity contribution in [3.05, 3.63) is 18.2 Å². The minimum absolute atomic E-state index is 0.0210. The number of hydrogen-bond acceptors (Lipinski definition) is 4. The predicted octanol–water partition coefficient (Wildman–Crippen LogP) is 3.49. The van der Waals surface area contributed by atoms with E-state index in [4.69, 9.17) is 0 Å². The van der Waals surface area contributed by atoms with Crippen molar-refractivity contribution in [2.45, 2.75) is 76.3 Å². The van der Waals surface area contributed by atoms with Crippen LogP contribution < -0.4 is 14.9 Å². The molecule has 7 heteroatoms. The Balaban J connectivity index is 1.97. The van der Waals surface area contributed by atoms with Crippen molar-refractivity contribution >= 4 is 27.3 Å². The molecule has 1 saturated carbocycles. The molecule has 1 saturated heterocycles. The number of anilines is 2. The molecule has 1 aliphatic heterocycles. The Bertz CT molecular complexity index is 790. The second-order valence-electron chi connectivity index (χ2n) is 7.91. The van der Waals surface area contributed by atoms with Crippen molar-refractivity contribution in [1.29, 1.82) is 0 Å². The average molecular weight is 394 g/mol. The molecule has 1 heterocycles. The first-order valence-corrected chi connectivity index (χ1v) is 11.5. The number of carbonyl (C=O) groups excluding carboxylic acids is 1. The molecular weight excluding hydrogens is 362 g/mol. The molecule has 6 nitrogen and oxygen atoms in total. The monoisotopic (exact) mass is 393 g/mol. The fourth-order valence-electron chi connectivity index (χ4n) is 3.50. The highest BCUT2D eigenvalue weighted by Crippen LogP contribution is 2.34. The summed E-state index contributed by atoms with van der Waals surface area (Å²) < 4.78 is 29.0. The summed E-state index contributed by atoms with van der Waals surface area (Å²) in [4.78, 5) is 14.5. The van der Waals surface area contributed by atoms with E-state index in [1.165, 1.54) is 6.42 Å². The van der Waals surface area contributed by atoms with Crippen molar-refractivity contribution < 1.29 is 13.2 Å². The zero-order valence-corrected chi connectivity index (χ0v) is 17.3. The zero-order valence-electron chi connectivity index (χ0n) is 16.5. The minimum atomic E-state index is -3.68. The van der Waals surface area contributed by atoms with E-state index in [-0.39, 0.29) is 22.8 Å². The normalized spacial score (nSPS) is 21.7. The first kappa shape index (κ1) is 20.1. The van der Waals surface area contributed by atoms with Gasteiger partial charge in [-0.2, -0.15) is 0 Å². The van der Waals surface area contributed by atoms with Crippen LogP contribution in [0.15, 0.2) is 23.1 Å². The minimum Gasteiger partial charge on any atom is -0.368 e. The highest BCUT2D eigenvalue weighted by atomic mass is 32.2. The van der Waals surface area contributed by atoms with E-state index < -0.39 is 10.0 Å². The molecule has 1 aliphatic carbocycles. The Morgan fingerprint density at radius 2 is 2.00 bits per heavy atom. The molecular formula is C20H31N3O3S. The predicted molar refractivity (Wildman–Crippen MR) is 109 cm³/mol. The van der Waals surface area contributed by atoms with Gasteiger partial charge in [0.25, 0.3) is 0 Å². The smallest absolute Gasteiger partial charge is 0.242 e. The number of rotatable bonds is 7. The molecule has 0 aromatic heterocycles. The second kappa shape index (κ2) is 8.19. The number of hydrogen-bond donors (Lipinski definition) is 2. The Hall–Kier alpha value is -1.60. The maximum Gasteiger partial charge on any atom is 0.242 e. The van der Waals surface area contributed by atoms with E-state index in [2.05, 4.69) is 21.9 Å². The van der Waals surface area contributed by atoms with E-state index in [1.54, 1.807) is 6.07 Å². The topological polar surface area (TPSA) is 78.5 Å². The van der Waals surface area contributed by atoms with Crippen LogP contribution in [0.2, 0.25) is 0 Å². The van der Waals surface area contributed by atoms with Gasteiger partial charge in [-0.05, 0) is 70.6 Å². The van der Waals surface area contributed by atoms with Gasteiger partial charge in [-0.3, -0.25) is 4.79 Å². The van der Waals surface area contributed by atoms with E-state index in [0.717, 1.165) is 37.9 Å². The maximum absolute atomic E-state index is 13.1. The lowest BCUT2D eigenvalue weighted by molar-refractivity contribution is -0.117. The molecule has 2 fully saturated rings. The van der Waals surface area contributed by atoms with Gasteiger partial charge in [0.1, 0.15) is 4.90 Å². The van der Waals surface area contributed by atoms with Crippen LogP contribution >= 0.6 is 0 Å². The zero-order chi connectivity index (χ0) is 19.6. The van der Waals surface area contributed by atoms with Gasteiger partial charge in [0.2, 0.25) is 15.9 Å². The summed E-state index contributed by atoms with van der Waals surface area (Å²) in [5.41, 5.74) is 1.27. The quantitative estimate of drug-likeness (QED) is 0.743. The number of benzene rings is 1. The van der Waals surface area contributed by atoms with E-state index >= 15 is 0 Å². The van der Waals surface area contributed by atoms with Crippen LogP contribution in [0.1, 0.15) is 59.3 Å². The van der Waals surface area contributed by atoms with Crippen molar-refractivity contribution in [2.75, 3.05) is 16.8 Å². The molecule has 0 radical (unpaired) electrons. The van der Waals surface area contributed by atoms with Gasteiger partial charge in [0.15, 0.2) is 0 Å². The lowest BCUT2D eigenvalue weighted by atomic mass is 10.0. The third-order valence-electron chi connectivity index (χ3n) is 5.55. The third kappa shape index (κ3) is 4.82. The molecule has 2 atom stereocenters. The first-order valence-electron chi connectivity index (χ1n) is 10.1. The fraction of sp³-hybridized carbons (Fsp3) is 0.650. The van der Waals surface area contributed by atoms with Gasteiger partial charge in [0.05, 0.1) is 5.69 Å². The summed E-state index contributed by atoms with van der Waals surface area (Å²) in [6.45, 7) is 6.80. The summed E-state index contributed by atoms with van der Waals surface area (Å²) in [6.07, 6.45) is 5.82. The van der Waals surface area contributed by atoms with Crippen LogP contribution in [0.4, 0.5) is 11.4 Å². The summed E-state index contributed by atoms with van der Waals surface area (Å²) in [5.74, 6) is 0.0532. The van der Waals surface area contributed by atoms with Gasteiger partial charge < -0.3 is 10.2 Å². The number of piperidine rings is 1. The highest BCUT2D eigenvalue weighted by molar-refractivity contribution is 7.89. The van der Waals surface area contributed by atoms with Gasteiger partial charge in [0, 0.05) is 30.2 Å². The van der Waals surface area contributed by atoms with Crippen molar-refractivity contribution in [3.8, 4) is 0 Å². The third-order valence-corrected chi connectivity index (χ3v) is 7.16. The summed E-state index contributed by atoms with van der Waals surface area (Å²) in [5, 5.41) is 2.88. The first-order chi connectivity index (χ1) is 12.8. The van der Waals surface area contributed by atoms with Crippen LogP contribution in [-0.2, 0) is 14.8 Å². The van der Waals surface area contributed by atoms with Crippen molar-refractivity contribution in [1.82, 2.24) is 4.72 Å². The summed E-state index contributed by atoms with van der Waals surface area (Å²) >= 11 is 0. The van der Waals surface area contributed by atoms with Gasteiger partial charge in [-0.25, -0.2) is 13.1 Å².